The van der Waals surface area contributed by atoms with Gasteiger partial charge in [0.15, 0.2) is 0 Å². The van der Waals surface area contributed by atoms with Crippen molar-refractivity contribution in [2.24, 2.45) is 0 Å². The summed E-state index contributed by atoms with van der Waals surface area (Å²) in [6.45, 7) is 3.95. The van der Waals surface area contributed by atoms with Crippen molar-refractivity contribution >= 4 is 5.91 Å². The predicted octanol–water partition coefficient (Wildman–Crippen LogP) is 3.67. The molecule has 0 radical (unpaired) electrons. The van der Waals surface area contributed by atoms with Gasteiger partial charge >= 0.3 is 6.18 Å². The zero-order valence-electron chi connectivity index (χ0n) is 16.6. The number of hydrogen-bond acceptors (Lipinski definition) is 3. The van der Waals surface area contributed by atoms with E-state index >= 15 is 0 Å². The molecular formula is C22H25F4N3O. The molecule has 0 aromatic heterocycles. The summed E-state index contributed by atoms with van der Waals surface area (Å²) in [4.78, 5) is 16.4. The average Bonchev–Trinajstić information content (AvgIpc) is 2.92. The first-order valence-corrected chi connectivity index (χ1v) is 9.92. The van der Waals surface area contributed by atoms with Crippen molar-refractivity contribution in [3.63, 3.8) is 0 Å². The molecule has 8 heteroatoms. The zero-order chi connectivity index (χ0) is 21.6. The van der Waals surface area contributed by atoms with Gasteiger partial charge in [-0.3, -0.25) is 14.6 Å². The second-order valence-corrected chi connectivity index (χ2v) is 7.47. The standard InChI is InChI=1S/C22H25F4N3O/c23-20-5-2-1-4-18(20)14-27-21(30)16-29-11-3-10-28(12-13-29)15-17-6-8-19(9-7-17)22(24,25)26/h1-2,4-9H,3,10-16H2,(H,27,30). The summed E-state index contributed by atoms with van der Waals surface area (Å²) < 4.78 is 51.7. The molecule has 1 fully saturated rings. The lowest BCUT2D eigenvalue weighted by Crippen LogP contribution is -2.39. The van der Waals surface area contributed by atoms with Gasteiger partial charge in [-0.25, -0.2) is 4.39 Å². The minimum absolute atomic E-state index is 0.152. The maximum Gasteiger partial charge on any atom is 0.416 e. The van der Waals surface area contributed by atoms with Crippen LogP contribution < -0.4 is 5.32 Å². The smallest absolute Gasteiger partial charge is 0.351 e. The lowest BCUT2D eigenvalue weighted by Gasteiger charge is -2.21. The van der Waals surface area contributed by atoms with Gasteiger partial charge in [-0.2, -0.15) is 13.2 Å². The highest BCUT2D eigenvalue weighted by Gasteiger charge is 2.30. The highest BCUT2D eigenvalue weighted by Crippen LogP contribution is 2.29. The van der Waals surface area contributed by atoms with E-state index in [0.29, 0.717) is 18.7 Å². The number of halogens is 4. The molecule has 162 valence electrons. The third-order valence-electron chi connectivity index (χ3n) is 5.17. The predicted molar refractivity (Wildman–Crippen MR) is 106 cm³/mol. The maximum absolute atomic E-state index is 13.6. The van der Waals surface area contributed by atoms with E-state index in [0.717, 1.165) is 43.8 Å². The first kappa shape index (κ1) is 22.2. The average molecular weight is 423 g/mol. The van der Waals surface area contributed by atoms with Gasteiger partial charge in [-0.1, -0.05) is 30.3 Å². The van der Waals surface area contributed by atoms with Gasteiger partial charge in [0.2, 0.25) is 5.91 Å². The largest absolute Gasteiger partial charge is 0.416 e. The molecule has 1 aliphatic rings. The molecule has 4 nitrogen and oxygen atoms in total. The number of nitrogens with zero attached hydrogens (tertiary/aromatic N) is 2. The third kappa shape index (κ3) is 6.53. The molecule has 1 amide bonds. The van der Waals surface area contributed by atoms with Crippen molar-refractivity contribution in [3.05, 3.63) is 71.0 Å². The third-order valence-corrected chi connectivity index (χ3v) is 5.17. The van der Waals surface area contributed by atoms with E-state index in [-0.39, 0.29) is 24.8 Å². The van der Waals surface area contributed by atoms with Crippen molar-refractivity contribution in [1.29, 1.82) is 0 Å². The SMILES string of the molecule is O=C(CN1CCCN(Cc2ccc(C(F)(F)F)cc2)CC1)NCc1ccccc1F. The van der Waals surface area contributed by atoms with Crippen LogP contribution in [0.5, 0.6) is 0 Å². The normalized spacial score (nSPS) is 16.3. The Morgan fingerprint density at radius 2 is 1.60 bits per heavy atom. The van der Waals surface area contributed by atoms with Gasteiger partial charge in [-0.05, 0) is 43.3 Å². The Kier molecular flexibility index (Phi) is 7.44. The molecule has 0 unspecified atom stereocenters. The lowest BCUT2D eigenvalue weighted by molar-refractivity contribution is -0.137. The minimum Gasteiger partial charge on any atom is -0.351 e. The van der Waals surface area contributed by atoms with Crippen LogP contribution in [-0.2, 0) is 24.1 Å². The Bertz CT molecular complexity index is 839. The van der Waals surface area contributed by atoms with Crippen LogP contribution in [0.25, 0.3) is 0 Å². The number of rotatable bonds is 6. The highest BCUT2D eigenvalue weighted by atomic mass is 19.4. The van der Waals surface area contributed by atoms with Crippen LogP contribution in [0.4, 0.5) is 17.6 Å². The van der Waals surface area contributed by atoms with Crippen molar-refractivity contribution in [2.45, 2.75) is 25.7 Å². The van der Waals surface area contributed by atoms with Gasteiger partial charge < -0.3 is 5.32 Å². The fraction of sp³-hybridized carbons (Fsp3) is 0.409. The summed E-state index contributed by atoms with van der Waals surface area (Å²) >= 11 is 0. The van der Waals surface area contributed by atoms with Gasteiger partial charge in [-0.15, -0.1) is 0 Å². The topological polar surface area (TPSA) is 35.6 Å². The molecule has 1 heterocycles. The first-order chi connectivity index (χ1) is 14.3. The summed E-state index contributed by atoms with van der Waals surface area (Å²) in [5, 5.41) is 2.75. The van der Waals surface area contributed by atoms with Gasteiger partial charge in [0.1, 0.15) is 5.82 Å². The number of hydrogen-bond donors (Lipinski definition) is 1. The maximum atomic E-state index is 13.6. The van der Waals surface area contributed by atoms with Gasteiger partial charge in [0, 0.05) is 31.7 Å². The molecule has 1 saturated heterocycles. The second kappa shape index (κ2) is 10.0. The molecule has 1 aliphatic heterocycles. The van der Waals surface area contributed by atoms with Crippen molar-refractivity contribution in [2.75, 3.05) is 32.7 Å². The highest BCUT2D eigenvalue weighted by molar-refractivity contribution is 5.78. The van der Waals surface area contributed by atoms with Crippen LogP contribution >= 0.6 is 0 Å². The molecule has 0 aliphatic carbocycles. The summed E-state index contributed by atoms with van der Waals surface area (Å²) in [6.07, 6.45) is -3.46. The molecular weight excluding hydrogens is 398 g/mol. The van der Waals surface area contributed by atoms with Gasteiger partial charge in [0.05, 0.1) is 12.1 Å². The Labute approximate surface area is 173 Å². The Morgan fingerprint density at radius 1 is 0.933 bits per heavy atom. The molecule has 2 aromatic carbocycles. The molecule has 0 bridgehead atoms. The van der Waals surface area contributed by atoms with Crippen LogP contribution in [0, 0.1) is 5.82 Å². The lowest BCUT2D eigenvalue weighted by atomic mass is 10.1. The molecule has 1 N–H and O–H groups in total. The molecule has 30 heavy (non-hydrogen) atoms. The molecule has 3 rings (SSSR count). The van der Waals surface area contributed by atoms with Crippen LogP contribution in [-0.4, -0.2) is 48.4 Å². The Balaban J connectivity index is 1.44. The van der Waals surface area contributed by atoms with Crippen molar-refractivity contribution in [1.82, 2.24) is 15.1 Å². The summed E-state index contributed by atoms with van der Waals surface area (Å²) in [7, 11) is 0. The fourth-order valence-corrected chi connectivity index (χ4v) is 3.49. The Morgan fingerprint density at radius 3 is 2.30 bits per heavy atom. The fourth-order valence-electron chi connectivity index (χ4n) is 3.49. The quantitative estimate of drug-likeness (QED) is 0.721. The van der Waals surface area contributed by atoms with E-state index in [4.69, 9.17) is 0 Å². The number of carbonyl (C=O) groups is 1. The summed E-state index contributed by atoms with van der Waals surface area (Å²) in [6, 6.07) is 11.6. The van der Waals surface area contributed by atoms with E-state index in [1.807, 2.05) is 4.90 Å². The van der Waals surface area contributed by atoms with Gasteiger partial charge in [0.25, 0.3) is 0 Å². The van der Waals surface area contributed by atoms with Crippen molar-refractivity contribution in [3.8, 4) is 0 Å². The summed E-state index contributed by atoms with van der Waals surface area (Å²) in [5.74, 6) is -0.499. The number of amides is 1. The van der Waals surface area contributed by atoms with E-state index in [1.54, 1.807) is 18.2 Å². The minimum atomic E-state index is -4.32. The first-order valence-electron chi connectivity index (χ1n) is 9.92. The number of benzene rings is 2. The molecule has 0 saturated carbocycles. The van der Waals surface area contributed by atoms with E-state index in [9.17, 15) is 22.4 Å². The van der Waals surface area contributed by atoms with Crippen molar-refractivity contribution < 1.29 is 22.4 Å². The zero-order valence-corrected chi connectivity index (χ0v) is 16.6. The van der Waals surface area contributed by atoms with Crippen LogP contribution in [0.3, 0.4) is 0 Å². The Hall–Kier alpha value is -2.45. The summed E-state index contributed by atoms with van der Waals surface area (Å²) in [5.41, 5.74) is 0.637. The number of alkyl halides is 3. The monoisotopic (exact) mass is 423 g/mol. The van der Waals surface area contributed by atoms with Crippen LogP contribution in [0.15, 0.2) is 48.5 Å². The van der Waals surface area contributed by atoms with E-state index in [2.05, 4.69) is 10.2 Å². The molecule has 2 aromatic rings. The number of nitrogens with one attached hydrogen (secondary N) is 1. The van der Waals surface area contributed by atoms with Crippen LogP contribution in [0.1, 0.15) is 23.1 Å². The van der Waals surface area contributed by atoms with E-state index in [1.165, 1.54) is 18.2 Å². The molecule has 0 spiro atoms. The molecule has 0 atom stereocenters. The van der Waals surface area contributed by atoms with Crippen LogP contribution in [0.2, 0.25) is 0 Å². The number of carbonyl (C=O) groups excluding carboxylic acids is 1. The van der Waals surface area contributed by atoms with E-state index < -0.39 is 11.7 Å². The second-order valence-electron chi connectivity index (χ2n) is 7.47.